The smallest absolute Gasteiger partial charge is 0.335 e. The van der Waals surface area contributed by atoms with Gasteiger partial charge in [-0.15, -0.1) is 0 Å². The number of nitrogens with zero attached hydrogens (tertiary/aromatic N) is 1. The molecule has 0 fully saturated rings. The minimum absolute atomic E-state index is 0.659. The zero-order chi connectivity index (χ0) is 12.1. The molecule has 0 spiro atoms. The van der Waals surface area contributed by atoms with Crippen LogP contribution in [0.5, 0.6) is 0 Å². The molecule has 0 saturated carbocycles. The number of amides is 2. The summed E-state index contributed by atoms with van der Waals surface area (Å²) in [5.74, 6) is 0.771. The molecule has 1 atom stereocenters. The third-order valence-corrected chi connectivity index (χ3v) is 2.12. The molecule has 4 N–H and O–H groups in total. The molecule has 0 heterocycles. The van der Waals surface area contributed by atoms with Gasteiger partial charge in [0.25, 0.3) is 0 Å². The summed E-state index contributed by atoms with van der Waals surface area (Å²) in [7, 11) is 0. The fraction of sp³-hybridized carbons (Fsp3) is 0.714. The molecule has 0 saturated heterocycles. The number of urea groups is 1. The number of nitrogens with two attached hydrogens (primary N) is 1. The van der Waals surface area contributed by atoms with E-state index in [2.05, 4.69) is 28.1 Å². The largest absolute Gasteiger partial charge is 0.617 e. The van der Waals surface area contributed by atoms with Crippen LogP contribution in [-0.2, 0) is 11.2 Å². The molecule has 0 bridgehead atoms. The van der Waals surface area contributed by atoms with E-state index in [0.29, 0.717) is 0 Å². The topological polar surface area (TPSA) is 111 Å². The van der Waals surface area contributed by atoms with E-state index in [4.69, 9.17) is 5.21 Å². The van der Waals surface area contributed by atoms with Crippen molar-refractivity contribution in [3.63, 3.8) is 0 Å². The number of nitrogens with one attached hydrogen (secondary N) is 1. The van der Waals surface area contributed by atoms with Crippen molar-refractivity contribution < 1.29 is 14.6 Å². The second-order valence-corrected chi connectivity index (χ2v) is 4.17. The summed E-state index contributed by atoms with van der Waals surface area (Å²) < 4.78 is 10.5. The van der Waals surface area contributed by atoms with Crippen LogP contribution >= 0.6 is 12.2 Å². The molecular formula is C7H15N3O3S2. The SMILES string of the molecule is C[S+]([O-])CCCCN=C=S.NC(=O)NO. The monoisotopic (exact) mass is 253 g/mol. The highest BCUT2D eigenvalue weighted by molar-refractivity contribution is 7.90. The first-order valence-electron chi connectivity index (χ1n) is 4.07. The zero-order valence-corrected chi connectivity index (χ0v) is 10.1. The molecule has 88 valence electrons. The number of hydroxylamine groups is 1. The van der Waals surface area contributed by atoms with Gasteiger partial charge in [-0.3, -0.25) is 5.21 Å². The molecule has 0 aliphatic heterocycles. The van der Waals surface area contributed by atoms with Crippen molar-refractivity contribution in [2.45, 2.75) is 12.8 Å². The summed E-state index contributed by atoms with van der Waals surface area (Å²) >= 11 is 3.72. The normalized spacial score (nSPS) is 10.3. The Bertz CT molecular complexity index is 208. The Balaban J connectivity index is 0. The van der Waals surface area contributed by atoms with Crippen LogP contribution in [0.15, 0.2) is 4.99 Å². The van der Waals surface area contributed by atoms with E-state index in [1.54, 1.807) is 6.26 Å². The van der Waals surface area contributed by atoms with Crippen molar-refractivity contribution in [3.05, 3.63) is 0 Å². The van der Waals surface area contributed by atoms with Crippen LogP contribution in [0, 0.1) is 0 Å². The minimum atomic E-state index is -0.940. The minimum Gasteiger partial charge on any atom is -0.617 e. The molecule has 8 heteroatoms. The van der Waals surface area contributed by atoms with E-state index in [1.807, 2.05) is 0 Å². The second kappa shape index (κ2) is 13.3. The Morgan fingerprint density at radius 1 is 1.73 bits per heavy atom. The van der Waals surface area contributed by atoms with E-state index in [-0.39, 0.29) is 0 Å². The van der Waals surface area contributed by atoms with E-state index >= 15 is 0 Å². The summed E-state index contributed by atoms with van der Waals surface area (Å²) in [5.41, 5.74) is 5.46. The first-order valence-corrected chi connectivity index (χ1v) is 6.21. The maximum absolute atomic E-state index is 10.5. The van der Waals surface area contributed by atoms with Gasteiger partial charge in [0.2, 0.25) is 0 Å². The Morgan fingerprint density at radius 3 is 2.60 bits per heavy atom. The number of thiocarbonyl (C=S) groups is 1. The van der Waals surface area contributed by atoms with Crippen molar-refractivity contribution in [2.24, 2.45) is 10.7 Å². The van der Waals surface area contributed by atoms with Crippen LogP contribution in [0.2, 0.25) is 0 Å². The van der Waals surface area contributed by atoms with Gasteiger partial charge < -0.3 is 10.3 Å². The number of rotatable bonds is 5. The Morgan fingerprint density at radius 2 is 2.27 bits per heavy atom. The number of isothiocyanates is 1. The predicted molar refractivity (Wildman–Crippen MR) is 62.6 cm³/mol. The molecule has 15 heavy (non-hydrogen) atoms. The lowest BCUT2D eigenvalue weighted by molar-refractivity contribution is 0.169. The van der Waals surface area contributed by atoms with Crippen LogP contribution in [0.4, 0.5) is 4.79 Å². The number of aliphatic imine (C=N–C) groups is 1. The van der Waals surface area contributed by atoms with Crippen LogP contribution in [-0.4, -0.2) is 39.5 Å². The summed E-state index contributed by atoms with van der Waals surface area (Å²) in [5, 5.41) is 9.71. The lowest BCUT2D eigenvalue weighted by Crippen LogP contribution is -2.25. The Kier molecular flexibility index (Phi) is 14.9. The van der Waals surface area contributed by atoms with Crippen molar-refractivity contribution >= 4 is 34.6 Å². The fourth-order valence-electron chi connectivity index (χ4n) is 0.542. The molecular weight excluding hydrogens is 238 g/mol. The highest BCUT2D eigenvalue weighted by Crippen LogP contribution is 1.93. The predicted octanol–water partition coefficient (Wildman–Crippen LogP) is 0.292. The van der Waals surface area contributed by atoms with Gasteiger partial charge in [-0.1, -0.05) is 11.2 Å². The van der Waals surface area contributed by atoms with E-state index in [1.165, 1.54) is 5.48 Å². The number of hydrogen-bond acceptors (Lipinski definition) is 5. The summed E-state index contributed by atoms with van der Waals surface area (Å²) in [4.78, 5) is 13.0. The Labute approximate surface area is 97.1 Å². The number of carbonyl (C=O) groups excluding carboxylic acids is 1. The van der Waals surface area contributed by atoms with E-state index in [0.717, 1.165) is 25.1 Å². The van der Waals surface area contributed by atoms with Gasteiger partial charge in [-0.25, -0.2) is 15.3 Å². The van der Waals surface area contributed by atoms with Crippen molar-refractivity contribution in [1.29, 1.82) is 0 Å². The average molecular weight is 253 g/mol. The van der Waals surface area contributed by atoms with Crippen LogP contribution in [0.1, 0.15) is 12.8 Å². The first-order chi connectivity index (χ1) is 7.04. The highest BCUT2D eigenvalue weighted by Gasteiger charge is 1.94. The maximum atomic E-state index is 10.5. The lowest BCUT2D eigenvalue weighted by atomic mass is 10.3. The van der Waals surface area contributed by atoms with Crippen molar-refractivity contribution in [1.82, 2.24) is 5.48 Å². The summed E-state index contributed by atoms with van der Waals surface area (Å²) in [6.07, 6.45) is 3.63. The van der Waals surface area contributed by atoms with Gasteiger partial charge in [-0.2, -0.15) is 0 Å². The number of unbranched alkanes of at least 4 members (excludes halogenated alkanes) is 1. The van der Waals surface area contributed by atoms with Gasteiger partial charge in [-0.05, 0) is 25.1 Å². The number of primary amides is 1. The number of hydrogen-bond donors (Lipinski definition) is 3. The van der Waals surface area contributed by atoms with Crippen LogP contribution in [0.3, 0.4) is 0 Å². The van der Waals surface area contributed by atoms with Gasteiger partial charge in [0.15, 0.2) is 0 Å². The van der Waals surface area contributed by atoms with Crippen molar-refractivity contribution in [3.8, 4) is 0 Å². The first kappa shape index (κ1) is 16.8. The van der Waals surface area contributed by atoms with E-state index < -0.39 is 17.2 Å². The van der Waals surface area contributed by atoms with Gasteiger partial charge >= 0.3 is 6.03 Å². The van der Waals surface area contributed by atoms with Gasteiger partial charge in [0.05, 0.1) is 11.4 Å². The Hall–Kier alpha value is -0.660. The van der Waals surface area contributed by atoms with Gasteiger partial charge in [0.1, 0.15) is 5.75 Å². The molecule has 0 aliphatic carbocycles. The molecule has 0 aromatic carbocycles. The summed E-state index contributed by atoms with van der Waals surface area (Å²) in [6.45, 7) is 0.723. The molecule has 0 aliphatic rings. The highest BCUT2D eigenvalue weighted by atomic mass is 32.2. The van der Waals surface area contributed by atoms with Crippen LogP contribution in [0.25, 0.3) is 0 Å². The van der Waals surface area contributed by atoms with Gasteiger partial charge in [0, 0.05) is 6.54 Å². The van der Waals surface area contributed by atoms with Crippen molar-refractivity contribution in [2.75, 3.05) is 18.6 Å². The molecule has 0 rings (SSSR count). The lowest BCUT2D eigenvalue weighted by Gasteiger charge is -2.01. The summed E-state index contributed by atoms with van der Waals surface area (Å²) in [6, 6.07) is -0.940. The molecule has 1 unspecified atom stereocenters. The van der Waals surface area contributed by atoms with E-state index in [9.17, 15) is 9.35 Å². The maximum Gasteiger partial charge on any atom is 0.335 e. The molecule has 0 radical (unpaired) electrons. The second-order valence-electron chi connectivity index (χ2n) is 2.43. The zero-order valence-electron chi connectivity index (χ0n) is 8.43. The van der Waals surface area contributed by atoms with Crippen LogP contribution < -0.4 is 11.2 Å². The average Bonchev–Trinajstić information content (AvgIpc) is 2.18. The molecule has 0 aromatic heterocycles. The number of carbonyl (C=O) groups is 1. The fourth-order valence-corrected chi connectivity index (χ4v) is 1.24. The standard InChI is InChI=1S/C6H11NOS2.CH4N2O2/c1-10(8)5-3-2-4-7-6-9;2-1(4)3-5/h2-5H2,1H3;5H,(H3,2,3,4). The third kappa shape index (κ3) is 24.7. The molecule has 6 nitrogen and oxygen atoms in total. The molecule has 2 amide bonds. The quantitative estimate of drug-likeness (QED) is 0.163. The molecule has 0 aromatic rings. The third-order valence-electron chi connectivity index (χ3n) is 1.13.